The lowest BCUT2D eigenvalue weighted by molar-refractivity contribution is -0.168. The summed E-state index contributed by atoms with van der Waals surface area (Å²) in [5.41, 5.74) is 2.10. The van der Waals surface area contributed by atoms with E-state index in [2.05, 4.69) is 18.5 Å². The fraction of sp³-hybridized carbons (Fsp3) is 0.556. The second kappa shape index (κ2) is 3.69. The summed E-state index contributed by atoms with van der Waals surface area (Å²) < 4.78 is 6.19. The SMILES string of the molecule is C=C1CC[C@@]2(O)C3Cc4ccc(O)c5c4[C@@]2(CCN3C)[C@H]1O5. The number of benzene rings is 1. The zero-order valence-electron chi connectivity index (χ0n) is 12.8. The Bertz CT molecular complexity index is 715. The number of hydrogen-bond donors (Lipinski definition) is 2. The monoisotopic (exact) mass is 299 g/mol. The van der Waals surface area contributed by atoms with E-state index in [-0.39, 0.29) is 17.9 Å². The third kappa shape index (κ3) is 1.14. The number of phenols is 1. The summed E-state index contributed by atoms with van der Waals surface area (Å²) in [5.74, 6) is 0.780. The lowest BCUT2D eigenvalue weighted by Gasteiger charge is -2.62. The van der Waals surface area contributed by atoms with Crippen LogP contribution in [0, 0.1) is 0 Å². The quantitative estimate of drug-likeness (QED) is 0.717. The molecule has 4 aliphatic rings. The molecule has 1 saturated carbocycles. The third-order valence-corrected chi connectivity index (χ3v) is 6.68. The number of aliphatic hydroxyl groups is 1. The Labute approximate surface area is 130 Å². The van der Waals surface area contributed by atoms with Crippen LogP contribution in [-0.4, -0.2) is 46.5 Å². The predicted octanol–water partition coefficient (Wildman–Crippen LogP) is 1.73. The van der Waals surface area contributed by atoms with Crippen molar-refractivity contribution in [2.24, 2.45) is 0 Å². The highest BCUT2D eigenvalue weighted by Crippen LogP contribution is 2.65. The normalized spacial score (nSPS) is 42.0. The summed E-state index contributed by atoms with van der Waals surface area (Å²) in [7, 11) is 2.11. The summed E-state index contributed by atoms with van der Waals surface area (Å²) >= 11 is 0. The largest absolute Gasteiger partial charge is 0.504 e. The van der Waals surface area contributed by atoms with Crippen LogP contribution in [0.2, 0.25) is 0 Å². The lowest BCUT2D eigenvalue weighted by atomic mass is 9.48. The topological polar surface area (TPSA) is 52.9 Å². The molecular formula is C18H21NO3. The Morgan fingerprint density at radius 2 is 2.18 bits per heavy atom. The number of nitrogens with zero attached hydrogens (tertiary/aromatic N) is 1. The predicted molar refractivity (Wildman–Crippen MR) is 82.3 cm³/mol. The van der Waals surface area contributed by atoms with Gasteiger partial charge in [-0.15, -0.1) is 0 Å². The summed E-state index contributed by atoms with van der Waals surface area (Å²) in [6, 6.07) is 3.85. The first-order chi connectivity index (χ1) is 10.5. The maximum atomic E-state index is 11.7. The Morgan fingerprint density at radius 1 is 1.36 bits per heavy atom. The van der Waals surface area contributed by atoms with Gasteiger partial charge in [-0.3, -0.25) is 0 Å². The molecule has 2 heterocycles. The highest BCUT2D eigenvalue weighted by atomic mass is 16.5. The van der Waals surface area contributed by atoms with Gasteiger partial charge in [-0.05, 0) is 56.5 Å². The molecule has 1 aromatic rings. The van der Waals surface area contributed by atoms with Crippen LogP contribution in [0.1, 0.15) is 30.4 Å². The van der Waals surface area contributed by atoms with Crippen molar-refractivity contribution in [1.82, 2.24) is 4.90 Å². The van der Waals surface area contributed by atoms with Gasteiger partial charge in [-0.1, -0.05) is 12.6 Å². The van der Waals surface area contributed by atoms with E-state index < -0.39 is 11.0 Å². The average molecular weight is 299 g/mol. The van der Waals surface area contributed by atoms with Gasteiger partial charge >= 0.3 is 0 Å². The number of piperidine rings is 1. The summed E-state index contributed by atoms with van der Waals surface area (Å²) in [6.07, 6.45) is 2.99. The van der Waals surface area contributed by atoms with Crippen LogP contribution in [0.4, 0.5) is 0 Å². The number of aromatic hydroxyl groups is 1. The van der Waals surface area contributed by atoms with Gasteiger partial charge in [0.25, 0.3) is 0 Å². The number of hydrogen-bond acceptors (Lipinski definition) is 4. The fourth-order valence-corrected chi connectivity index (χ4v) is 5.66. The van der Waals surface area contributed by atoms with Crippen molar-refractivity contribution in [2.45, 2.75) is 48.8 Å². The molecule has 2 bridgehead atoms. The molecule has 2 aliphatic heterocycles. The Morgan fingerprint density at radius 3 is 3.00 bits per heavy atom. The molecule has 1 spiro atoms. The molecule has 0 radical (unpaired) electrons. The van der Waals surface area contributed by atoms with Crippen LogP contribution in [0.15, 0.2) is 24.3 Å². The third-order valence-electron chi connectivity index (χ3n) is 6.68. The van der Waals surface area contributed by atoms with Gasteiger partial charge in [0.05, 0.1) is 11.0 Å². The van der Waals surface area contributed by atoms with E-state index in [0.29, 0.717) is 5.75 Å². The number of likely N-dealkylation sites (tertiary alicyclic amines) is 1. The minimum atomic E-state index is -0.794. The van der Waals surface area contributed by atoms with Gasteiger partial charge in [0.2, 0.25) is 0 Å². The van der Waals surface area contributed by atoms with E-state index in [1.54, 1.807) is 6.07 Å². The van der Waals surface area contributed by atoms with Crippen LogP contribution >= 0.6 is 0 Å². The molecule has 2 fully saturated rings. The van der Waals surface area contributed by atoms with E-state index in [0.717, 1.165) is 43.4 Å². The first-order valence-electron chi connectivity index (χ1n) is 8.11. The summed E-state index contributed by atoms with van der Waals surface area (Å²) in [6.45, 7) is 5.16. The van der Waals surface area contributed by atoms with Crippen molar-refractivity contribution in [3.63, 3.8) is 0 Å². The molecule has 2 N–H and O–H groups in total. The molecule has 2 aliphatic carbocycles. The molecule has 1 unspecified atom stereocenters. The standard InChI is InChI=1S/C18H21NO3/c1-10-5-6-18(21)13-9-11-3-4-12(20)15-14(11)17(18,16(10)22-15)7-8-19(13)2/h3-4,13,16,20-21H,1,5-9H2,2H3/t13?,16-,17-,18+/m0/s1. The highest BCUT2D eigenvalue weighted by molar-refractivity contribution is 5.63. The van der Waals surface area contributed by atoms with Crippen LogP contribution in [0.25, 0.3) is 0 Å². The Balaban J connectivity index is 1.88. The first-order valence-corrected chi connectivity index (χ1v) is 8.11. The van der Waals surface area contributed by atoms with Crippen molar-refractivity contribution in [1.29, 1.82) is 0 Å². The smallest absolute Gasteiger partial charge is 0.166 e. The minimum Gasteiger partial charge on any atom is -0.504 e. The van der Waals surface area contributed by atoms with Gasteiger partial charge in [-0.25, -0.2) is 0 Å². The van der Waals surface area contributed by atoms with Crippen LogP contribution < -0.4 is 4.74 Å². The maximum absolute atomic E-state index is 11.7. The first kappa shape index (κ1) is 13.0. The van der Waals surface area contributed by atoms with E-state index in [9.17, 15) is 10.2 Å². The number of phenolic OH excluding ortho intramolecular Hbond substituents is 1. The van der Waals surface area contributed by atoms with Crippen molar-refractivity contribution in [2.75, 3.05) is 13.6 Å². The molecule has 0 aromatic heterocycles. The Kier molecular flexibility index (Phi) is 2.17. The van der Waals surface area contributed by atoms with E-state index in [1.165, 1.54) is 5.56 Å². The summed E-state index contributed by atoms with van der Waals surface area (Å²) in [4.78, 5) is 2.30. The molecule has 5 rings (SSSR count). The van der Waals surface area contributed by atoms with Gasteiger partial charge < -0.3 is 19.8 Å². The number of likely N-dealkylation sites (N-methyl/N-ethyl adjacent to an activating group) is 1. The van der Waals surface area contributed by atoms with Crippen LogP contribution in [0.5, 0.6) is 11.5 Å². The van der Waals surface area contributed by atoms with Gasteiger partial charge in [0, 0.05) is 11.6 Å². The fourth-order valence-electron chi connectivity index (χ4n) is 5.66. The van der Waals surface area contributed by atoms with Gasteiger partial charge in [-0.2, -0.15) is 0 Å². The molecule has 116 valence electrons. The Hall–Kier alpha value is -1.52. The van der Waals surface area contributed by atoms with Crippen LogP contribution in [-0.2, 0) is 11.8 Å². The highest BCUT2D eigenvalue weighted by Gasteiger charge is 2.71. The average Bonchev–Trinajstić information content (AvgIpc) is 2.85. The molecule has 1 saturated heterocycles. The molecule has 0 amide bonds. The van der Waals surface area contributed by atoms with Crippen molar-refractivity contribution < 1.29 is 14.9 Å². The summed E-state index contributed by atoms with van der Waals surface area (Å²) in [5, 5.41) is 22.0. The molecular weight excluding hydrogens is 278 g/mol. The molecule has 4 atom stereocenters. The molecule has 4 heteroatoms. The van der Waals surface area contributed by atoms with E-state index in [4.69, 9.17) is 4.74 Å². The lowest BCUT2D eigenvalue weighted by Crippen LogP contribution is -2.74. The second-order valence-corrected chi connectivity index (χ2v) is 7.45. The van der Waals surface area contributed by atoms with E-state index in [1.807, 2.05) is 6.07 Å². The zero-order chi connectivity index (χ0) is 15.3. The minimum absolute atomic E-state index is 0.114. The number of rotatable bonds is 0. The zero-order valence-corrected chi connectivity index (χ0v) is 12.8. The van der Waals surface area contributed by atoms with Crippen molar-refractivity contribution in [3.05, 3.63) is 35.4 Å². The van der Waals surface area contributed by atoms with Gasteiger partial charge in [0.1, 0.15) is 6.10 Å². The van der Waals surface area contributed by atoms with E-state index >= 15 is 0 Å². The van der Waals surface area contributed by atoms with Gasteiger partial charge in [0.15, 0.2) is 11.5 Å². The van der Waals surface area contributed by atoms with Crippen LogP contribution in [0.3, 0.4) is 0 Å². The maximum Gasteiger partial charge on any atom is 0.166 e. The molecule has 1 aromatic carbocycles. The van der Waals surface area contributed by atoms with Crippen molar-refractivity contribution in [3.8, 4) is 11.5 Å². The van der Waals surface area contributed by atoms with Crippen molar-refractivity contribution >= 4 is 0 Å². The molecule has 22 heavy (non-hydrogen) atoms. The second-order valence-electron chi connectivity index (χ2n) is 7.45. The molecule has 4 nitrogen and oxygen atoms in total. The number of ether oxygens (including phenoxy) is 1.